The van der Waals surface area contributed by atoms with Gasteiger partial charge in [0.2, 0.25) is 11.8 Å². The molecule has 1 saturated heterocycles. The average molecular weight is 352 g/mol. The van der Waals surface area contributed by atoms with Gasteiger partial charge in [0.05, 0.1) is 11.5 Å². The van der Waals surface area contributed by atoms with Crippen LogP contribution in [-0.4, -0.2) is 34.3 Å². The lowest BCUT2D eigenvalue weighted by atomic mass is 10.1. The number of aryl methyl sites for hydroxylation is 1. The highest BCUT2D eigenvalue weighted by molar-refractivity contribution is 5.98. The summed E-state index contributed by atoms with van der Waals surface area (Å²) in [6, 6.07) is 14.0. The molecular formula is C20H20N2O4. The first-order valence-electron chi connectivity index (χ1n) is 8.40. The summed E-state index contributed by atoms with van der Waals surface area (Å²) in [7, 11) is 0. The van der Waals surface area contributed by atoms with Crippen molar-refractivity contribution in [2.45, 2.75) is 19.9 Å². The standard InChI is InChI=1S/C20H20N2O4/c1-13-5-7-14(8-6-13)11-22-12-16(10-18(22)23)19(24)21-17-4-2-3-15(9-17)20(25)26/h2-9,16H,10-12H2,1H3,(H,21,24)(H,25,26). The maximum Gasteiger partial charge on any atom is 0.335 e. The summed E-state index contributed by atoms with van der Waals surface area (Å²) >= 11 is 0. The molecule has 0 radical (unpaired) electrons. The fourth-order valence-electron chi connectivity index (χ4n) is 2.99. The molecule has 1 aliphatic heterocycles. The summed E-state index contributed by atoms with van der Waals surface area (Å²) in [6.07, 6.45) is 0.163. The normalized spacial score (nSPS) is 16.6. The third-order valence-corrected chi connectivity index (χ3v) is 4.46. The molecule has 3 rings (SSSR count). The lowest BCUT2D eigenvalue weighted by molar-refractivity contribution is -0.128. The lowest BCUT2D eigenvalue weighted by Gasteiger charge is -2.17. The van der Waals surface area contributed by atoms with Crippen LogP contribution in [-0.2, 0) is 16.1 Å². The Balaban J connectivity index is 1.62. The highest BCUT2D eigenvalue weighted by atomic mass is 16.4. The monoisotopic (exact) mass is 352 g/mol. The average Bonchev–Trinajstić information content (AvgIpc) is 2.98. The molecule has 1 heterocycles. The van der Waals surface area contributed by atoms with Gasteiger partial charge in [0.15, 0.2) is 0 Å². The van der Waals surface area contributed by atoms with Crippen LogP contribution in [0.15, 0.2) is 48.5 Å². The number of carbonyl (C=O) groups is 3. The maximum atomic E-state index is 12.4. The second-order valence-electron chi connectivity index (χ2n) is 6.54. The Morgan fingerprint density at radius 1 is 1.19 bits per heavy atom. The number of nitrogens with one attached hydrogen (secondary N) is 1. The molecule has 0 saturated carbocycles. The number of hydrogen-bond acceptors (Lipinski definition) is 3. The molecule has 0 bridgehead atoms. The molecule has 0 aliphatic carbocycles. The number of carboxylic acid groups (broad SMARTS) is 1. The molecule has 26 heavy (non-hydrogen) atoms. The summed E-state index contributed by atoms with van der Waals surface area (Å²) in [6.45, 7) is 2.85. The Morgan fingerprint density at radius 3 is 2.62 bits per heavy atom. The summed E-state index contributed by atoms with van der Waals surface area (Å²) < 4.78 is 0. The Kier molecular flexibility index (Phi) is 5.02. The van der Waals surface area contributed by atoms with Crippen LogP contribution in [0.1, 0.15) is 27.9 Å². The van der Waals surface area contributed by atoms with Gasteiger partial charge in [0.25, 0.3) is 0 Å². The van der Waals surface area contributed by atoms with Crippen LogP contribution in [0.5, 0.6) is 0 Å². The van der Waals surface area contributed by atoms with Crippen LogP contribution in [0.2, 0.25) is 0 Å². The van der Waals surface area contributed by atoms with Gasteiger partial charge in [-0.3, -0.25) is 9.59 Å². The van der Waals surface area contributed by atoms with Crippen molar-refractivity contribution in [3.63, 3.8) is 0 Å². The number of benzene rings is 2. The molecule has 1 atom stereocenters. The van der Waals surface area contributed by atoms with Gasteiger partial charge < -0.3 is 15.3 Å². The van der Waals surface area contributed by atoms with Gasteiger partial charge in [0, 0.05) is 25.2 Å². The van der Waals surface area contributed by atoms with Gasteiger partial charge in [-0.2, -0.15) is 0 Å². The van der Waals surface area contributed by atoms with E-state index in [1.807, 2.05) is 31.2 Å². The number of likely N-dealkylation sites (tertiary alicyclic amines) is 1. The number of carboxylic acids is 1. The Labute approximate surface area is 151 Å². The van der Waals surface area contributed by atoms with Crippen molar-refractivity contribution in [3.05, 3.63) is 65.2 Å². The highest BCUT2D eigenvalue weighted by Gasteiger charge is 2.34. The third-order valence-electron chi connectivity index (χ3n) is 4.46. The first-order valence-corrected chi connectivity index (χ1v) is 8.40. The van der Waals surface area contributed by atoms with Crippen LogP contribution in [0.3, 0.4) is 0 Å². The predicted octanol–water partition coefficient (Wildman–Crippen LogP) is 2.68. The van der Waals surface area contributed by atoms with E-state index in [0.29, 0.717) is 18.8 Å². The van der Waals surface area contributed by atoms with Crippen molar-refractivity contribution in [1.29, 1.82) is 0 Å². The molecule has 1 unspecified atom stereocenters. The van der Waals surface area contributed by atoms with E-state index in [4.69, 9.17) is 5.11 Å². The van der Waals surface area contributed by atoms with E-state index in [2.05, 4.69) is 5.32 Å². The van der Waals surface area contributed by atoms with Crippen molar-refractivity contribution in [1.82, 2.24) is 4.90 Å². The SMILES string of the molecule is Cc1ccc(CN2CC(C(=O)Nc3cccc(C(=O)O)c3)CC2=O)cc1. The van der Waals surface area contributed by atoms with Crippen molar-refractivity contribution in [2.75, 3.05) is 11.9 Å². The smallest absolute Gasteiger partial charge is 0.335 e. The minimum absolute atomic E-state index is 0.0509. The number of carbonyl (C=O) groups excluding carboxylic acids is 2. The summed E-state index contributed by atoms with van der Waals surface area (Å²) in [5, 5.41) is 11.7. The zero-order valence-corrected chi connectivity index (χ0v) is 14.4. The van der Waals surface area contributed by atoms with Crippen molar-refractivity contribution < 1.29 is 19.5 Å². The molecule has 2 amide bonds. The third kappa shape index (κ3) is 4.08. The molecule has 2 aromatic carbocycles. The Hall–Kier alpha value is -3.15. The first kappa shape index (κ1) is 17.7. The topological polar surface area (TPSA) is 86.7 Å². The van der Waals surface area contributed by atoms with Crippen LogP contribution < -0.4 is 5.32 Å². The van der Waals surface area contributed by atoms with Crippen LogP contribution in [0, 0.1) is 12.8 Å². The van der Waals surface area contributed by atoms with E-state index in [9.17, 15) is 14.4 Å². The summed E-state index contributed by atoms with van der Waals surface area (Å²) in [5.74, 6) is -1.82. The van der Waals surface area contributed by atoms with E-state index in [1.165, 1.54) is 12.1 Å². The molecular weight excluding hydrogens is 332 g/mol. The van der Waals surface area contributed by atoms with Crippen molar-refractivity contribution >= 4 is 23.5 Å². The summed E-state index contributed by atoms with van der Waals surface area (Å²) in [5.41, 5.74) is 2.70. The number of nitrogens with zero attached hydrogens (tertiary/aromatic N) is 1. The van der Waals surface area contributed by atoms with Crippen LogP contribution in [0.25, 0.3) is 0 Å². The summed E-state index contributed by atoms with van der Waals surface area (Å²) in [4.78, 5) is 37.4. The molecule has 2 aromatic rings. The molecule has 6 heteroatoms. The maximum absolute atomic E-state index is 12.4. The number of amides is 2. The zero-order valence-electron chi connectivity index (χ0n) is 14.4. The predicted molar refractivity (Wildman–Crippen MR) is 96.7 cm³/mol. The number of hydrogen-bond donors (Lipinski definition) is 2. The molecule has 1 aliphatic rings. The number of anilines is 1. The molecule has 0 aromatic heterocycles. The Bertz CT molecular complexity index is 845. The van der Waals surface area contributed by atoms with E-state index >= 15 is 0 Å². The fourth-order valence-corrected chi connectivity index (χ4v) is 2.99. The highest BCUT2D eigenvalue weighted by Crippen LogP contribution is 2.22. The molecule has 6 nitrogen and oxygen atoms in total. The van der Waals surface area contributed by atoms with Gasteiger partial charge in [-0.05, 0) is 30.7 Å². The van der Waals surface area contributed by atoms with Crippen molar-refractivity contribution in [3.8, 4) is 0 Å². The second kappa shape index (κ2) is 7.39. The minimum Gasteiger partial charge on any atom is -0.478 e. The van der Waals surface area contributed by atoms with E-state index in [-0.39, 0.29) is 23.8 Å². The van der Waals surface area contributed by atoms with Gasteiger partial charge in [-0.1, -0.05) is 35.9 Å². The van der Waals surface area contributed by atoms with E-state index in [1.54, 1.807) is 17.0 Å². The molecule has 2 N–H and O–H groups in total. The van der Waals surface area contributed by atoms with Crippen molar-refractivity contribution in [2.24, 2.45) is 5.92 Å². The van der Waals surface area contributed by atoms with Gasteiger partial charge in [-0.25, -0.2) is 4.79 Å². The van der Waals surface area contributed by atoms with E-state index < -0.39 is 11.9 Å². The Morgan fingerprint density at radius 2 is 1.92 bits per heavy atom. The number of aromatic carboxylic acids is 1. The molecule has 1 fully saturated rings. The van der Waals surface area contributed by atoms with E-state index in [0.717, 1.165) is 11.1 Å². The van der Waals surface area contributed by atoms with Gasteiger partial charge in [0.1, 0.15) is 0 Å². The van der Waals surface area contributed by atoms with Gasteiger partial charge >= 0.3 is 5.97 Å². The molecule has 134 valence electrons. The largest absolute Gasteiger partial charge is 0.478 e. The van der Waals surface area contributed by atoms with Crippen LogP contribution >= 0.6 is 0 Å². The second-order valence-corrected chi connectivity index (χ2v) is 6.54. The lowest BCUT2D eigenvalue weighted by Crippen LogP contribution is -2.28. The first-order chi connectivity index (χ1) is 12.4. The fraction of sp³-hybridized carbons (Fsp3) is 0.250. The molecule has 0 spiro atoms. The quantitative estimate of drug-likeness (QED) is 0.866. The van der Waals surface area contributed by atoms with Crippen LogP contribution in [0.4, 0.5) is 5.69 Å². The zero-order chi connectivity index (χ0) is 18.7. The number of rotatable bonds is 5. The van der Waals surface area contributed by atoms with Gasteiger partial charge in [-0.15, -0.1) is 0 Å². The minimum atomic E-state index is -1.05.